The van der Waals surface area contributed by atoms with Crippen LogP contribution in [-0.4, -0.2) is 29.9 Å². The Hall–Kier alpha value is -3.83. The number of benzene rings is 3. The van der Waals surface area contributed by atoms with E-state index < -0.39 is 24.3 Å². The van der Waals surface area contributed by atoms with Gasteiger partial charge in [0.25, 0.3) is 11.8 Å². The molecule has 1 heterocycles. The Morgan fingerprint density at radius 1 is 1.08 bits per heavy atom. The topological polar surface area (TPSA) is 67.9 Å². The molecule has 1 fully saturated rings. The lowest BCUT2D eigenvalue weighted by Crippen LogP contribution is -2.27. The second kappa shape index (κ2) is 11.3. The summed E-state index contributed by atoms with van der Waals surface area (Å²) in [6.07, 6.45) is -2.84. The summed E-state index contributed by atoms with van der Waals surface area (Å²) in [5.74, 6) is -0.331. The van der Waals surface area contributed by atoms with Crippen molar-refractivity contribution in [3.05, 3.63) is 88.3 Å². The van der Waals surface area contributed by atoms with Crippen LogP contribution >= 0.6 is 24.0 Å². The molecule has 0 aromatic heterocycles. The number of thiocarbonyl (C=S) groups is 1. The number of carbonyl (C=O) groups excluding carboxylic acids is 2. The van der Waals surface area contributed by atoms with Gasteiger partial charge in [0, 0.05) is 5.69 Å². The number of anilines is 2. The predicted octanol–water partition coefficient (Wildman–Crippen LogP) is 6.45. The number of methoxy groups -OCH3 is 1. The van der Waals surface area contributed by atoms with E-state index in [4.69, 9.17) is 21.7 Å². The number of alkyl halides is 3. The molecule has 38 heavy (non-hydrogen) atoms. The molecule has 0 atom stereocenters. The highest BCUT2D eigenvalue weighted by atomic mass is 32.2. The molecule has 0 aliphatic carbocycles. The zero-order valence-corrected chi connectivity index (χ0v) is 21.8. The van der Waals surface area contributed by atoms with Crippen LogP contribution in [0.25, 0.3) is 6.08 Å². The highest BCUT2D eigenvalue weighted by Crippen LogP contribution is 2.37. The average molecular weight is 559 g/mol. The van der Waals surface area contributed by atoms with Crippen molar-refractivity contribution in [3.63, 3.8) is 0 Å². The van der Waals surface area contributed by atoms with Crippen molar-refractivity contribution in [3.8, 4) is 11.5 Å². The zero-order valence-electron chi connectivity index (χ0n) is 20.2. The summed E-state index contributed by atoms with van der Waals surface area (Å²) in [7, 11) is 1.42. The minimum Gasteiger partial charge on any atom is -0.493 e. The third-order valence-corrected chi connectivity index (χ3v) is 6.67. The van der Waals surface area contributed by atoms with Crippen LogP contribution in [0.15, 0.2) is 71.6 Å². The van der Waals surface area contributed by atoms with Gasteiger partial charge in [0.2, 0.25) is 0 Å². The Morgan fingerprint density at radius 3 is 2.55 bits per heavy atom. The molecule has 3 aromatic carbocycles. The Labute approximate surface area is 226 Å². The van der Waals surface area contributed by atoms with Crippen LogP contribution in [0.5, 0.6) is 11.5 Å². The molecule has 1 N–H and O–H groups in total. The predicted molar refractivity (Wildman–Crippen MR) is 145 cm³/mol. The normalized spacial score (nSPS) is 14.7. The first-order chi connectivity index (χ1) is 18.0. The molecule has 3 aromatic rings. The zero-order chi connectivity index (χ0) is 27.4. The summed E-state index contributed by atoms with van der Waals surface area (Å²) in [6, 6.07) is 16.7. The van der Waals surface area contributed by atoms with E-state index in [-0.39, 0.29) is 17.3 Å². The lowest BCUT2D eigenvalue weighted by Gasteiger charge is -2.15. The number of nitrogens with one attached hydrogen (secondary N) is 1. The molecule has 196 valence electrons. The fourth-order valence-corrected chi connectivity index (χ4v) is 4.91. The molecule has 1 saturated heterocycles. The van der Waals surface area contributed by atoms with Gasteiger partial charge in [-0.25, -0.2) is 0 Å². The van der Waals surface area contributed by atoms with Gasteiger partial charge >= 0.3 is 6.18 Å². The number of hydrogen-bond donors (Lipinski definition) is 1. The summed E-state index contributed by atoms with van der Waals surface area (Å²) in [5, 5.41) is 2.38. The number of nitrogens with zero attached hydrogens (tertiary/aromatic N) is 1. The molecular formula is C27H21F3N2O4S2. The molecule has 0 radical (unpaired) electrons. The Bertz CT molecular complexity index is 1440. The molecular weight excluding hydrogens is 537 g/mol. The maximum absolute atomic E-state index is 13.0. The molecule has 2 amide bonds. The maximum Gasteiger partial charge on any atom is 0.416 e. The number of hydrogen-bond acceptors (Lipinski definition) is 6. The van der Waals surface area contributed by atoms with E-state index >= 15 is 0 Å². The highest BCUT2D eigenvalue weighted by molar-refractivity contribution is 8.27. The Balaban J connectivity index is 1.44. The third kappa shape index (κ3) is 6.35. The number of thioether (sulfide) groups is 1. The minimum absolute atomic E-state index is 0.00119. The first-order valence-corrected chi connectivity index (χ1v) is 12.4. The third-order valence-electron chi connectivity index (χ3n) is 5.37. The van der Waals surface area contributed by atoms with Crippen LogP contribution in [0.1, 0.15) is 16.7 Å². The first-order valence-electron chi connectivity index (χ1n) is 11.2. The molecule has 11 heteroatoms. The summed E-state index contributed by atoms with van der Waals surface area (Å²) >= 11 is 6.61. The Kier molecular flexibility index (Phi) is 8.08. The van der Waals surface area contributed by atoms with Gasteiger partial charge in [0.15, 0.2) is 22.4 Å². The number of aryl methyl sites for hydroxylation is 1. The largest absolute Gasteiger partial charge is 0.493 e. The maximum atomic E-state index is 13.0. The van der Waals surface area contributed by atoms with Crippen LogP contribution in [0, 0.1) is 6.92 Å². The van der Waals surface area contributed by atoms with Gasteiger partial charge in [-0.05, 0) is 66.6 Å². The smallest absolute Gasteiger partial charge is 0.416 e. The van der Waals surface area contributed by atoms with Crippen molar-refractivity contribution in [1.29, 1.82) is 0 Å². The molecule has 1 aliphatic rings. The quantitative estimate of drug-likeness (QED) is 0.266. The summed E-state index contributed by atoms with van der Waals surface area (Å²) in [6.45, 7) is 1.48. The standard InChI is InChI=1S/C27H21F3N2O4S2/c1-16-5-3-8-20(11-16)32-25(34)23(38-26(32)37)13-17-9-10-21(22(12-17)35-2)36-15-24(33)31-19-7-4-6-18(14-19)27(28,29)30/h3-14H,15H2,1-2H3,(H,31,33)/b23-13-. The number of carbonyl (C=O) groups is 2. The van der Waals surface area contributed by atoms with Gasteiger partial charge in [0.1, 0.15) is 0 Å². The second-order valence-electron chi connectivity index (χ2n) is 8.18. The minimum atomic E-state index is -4.52. The number of halogens is 3. The van der Waals surface area contributed by atoms with Crippen molar-refractivity contribution in [2.24, 2.45) is 0 Å². The van der Waals surface area contributed by atoms with E-state index in [0.29, 0.717) is 26.2 Å². The van der Waals surface area contributed by atoms with E-state index in [1.807, 2.05) is 31.2 Å². The average Bonchev–Trinajstić information content (AvgIpc) is 3.15. The van der Waals surface area contributed by atoms with Gasteiger partial charge in [-0.1, -0.05) is 48.2 Å². The molecule has 4 rings (SSSR count). The van der Waals surface area contributed by atoms with Crippen LogP contribution < -0.4 is 19.7 Å². The number of ether oxygens (including phenoxy) is 2. The van der Waals surface area contributed by atoms with Crippen molar-refractivity contribution in [2.75, 3.05) is 23.9 Å². The van der Waals surface area contributed by atoms with Crippen molar-refractivity contribution in [2.45, 2.75) is 13.1 Å². The van der Waals surface area contributed by atoms with E-state index in [1.165, 1.54) is 35.9 Å². The number of rotatable bonds is 7. The highest BCUT2D eigenvalue weighted by Gasteiger charge is 2.33. The second-order valence-corrected chi connectivity index (χ2v) is 9.86. The lowest BCUT2D eigenvalue weighted by atomic mass is 10.1. The molecule has 6 nitrogen and oxygen atoms in total. The van der Waals surface area contributed by atoms with Crippen LogP contribution in [0.3, 0.4) is 0 Å². The molecule has 1 aliphatic heterocycles. The Morgan fingerprint density at radius 2 is 1.84 bits per heavy atom. The molecule has 0 spiro atoms. The summed E-state index contributed by atoms with van der Waals surface area (Å²) in [5.41, 5.74) is 1.47. The molecule has 0 unspecified atom stereocenters. The van der Waals surface area contributed by atoms with Crippen LogP contribution in [0.4, 0.5) is 24.5 Å². The van der Waals surface area contributed by atoms with Gasteiger partial charge in [-0.15, -0.1) is 0 Å². The van der Waals surface area contributed by atoms with E-state index in [0.717, 1.165) is 17.7 Å². The monoisotopic (exact) mass is 558 g/mol. The fraction of sp³-hybridized carbons (Fsp3) is 0.148. The van der Waals surface area contributed by atoms with Crippen molar-refractivity contribution < 1.29 is 32.2 Å². The molecule has 0 bridgehead atoms. The lowest BCUT2D eigenvalue weighted by molar-refractivity contribution is -0.137. The van der Waals surface area contributed by atoms with Gasteiger partial charge in [-0.2, -0.15) is 13.2 Å². The van der Waals surface area contributed by atoms with Crippen molar-refractivity contribution in [1.82, 2.24) is 0 Å². The van der Waals surface area contributed by atoms with Crippen LogP contribution in [0.2, 0.25) is 0 Å². The summed E-state index contributed by atoms with van der Waals surface area (Å²) in [4.78, 5) is 27.2. The van der Waals surface area contributed by atoms with E-state index in [1.54, 1.807) is 24.3 Å². The van der Waals surface area contributed by atoms with Crippen molar-refractivity contribution >= 4 is 57.6 Å². The number of amides is 2. The fourth-order valence-electron chi connectivity index (χ4n) is 3.62. The first kappa shape index (κ1) is 27.2. The van der Waals surface area contributed by atoms with E-state index in [9.17, 15) is 22.8 Å². The van der Waals surface area contributed by atoms with Gasteiger partial charge in [-0.3, -0.25) is 14.5 Å². The van der Waals surface area contributed by atoms with Gasteiger partial charge < -0.3 is 14.8 Å². The van der Waals surface area contributed by atoms with Crippen LogP contribution in [-0.2, 0) is 15.8 Å². The van der Waals surface area contributed by atoms with Gasteiger partial charge in [0.05, 0.1) is 23.3 Å². The summed E-state index contributed by atoms with van der Waals surface area (Å²) < 4.78 is 50.0. The molecule has 0 saturated carbocycles. The van der Waals surface area contributed by atoms with E-state index in [2.05, 4.69) is 5.32 Å². The SMILES string of the molecule is COc1cc(/C=C2\SC(=S)N(c3cccc(C)c3)C2=O)ccc1OCC(=O)Nc1cccc(C(F)(F)F)c1.